The molecule has 3 saturated carbocycles. The molecule has 3 amide bonds. The van der Waals surface area contributed by atoms with Crippen LogP contribution in [0, 0.1) is 35.5 Å². The van der Waals surface area contributed by atoms with Gasteiger partial charge in [-0.3, -0.25) is 28.8 Å². The molecule has 3 aliphatic carbocycles. The third kappa shape index (κ3) is 24.7. The van der Waals surface area contributed by atoms with Gasteiger partial charge in [0.15, 0.2) is 11.6 Å². The average molecular weight is 1400 g/mol. The van der Waals surface area contributed by atoms with Crippen LogP contribution in [0.25, 0.3) is 0 Å². The van der Waals surface area contributed by atoms with Crippen molar-refractivity contribution in [3.63, 3.8) is 0 Å². The lowest BCUT2D eigenvalue weighted by Gasteiger charge is -2.17. The van der Waals surface area contributed by atoms with E-state index in [-0.39, 0.29) is 111 Å². The van der Waals surface area contributed by atoms with E-state index in [1.807, 2.05) is 54.6 Å². The molecule has 0 unspecified atom stereocenters. The molecule has 9 N–H and O–H groups in total. The summed E-state index contributed by atoms with van der Waals surface area (Å²) in [6.45, 7) is 5.14. The first-order valence-corrected chi connectivity index (χ1v) is 33.2. The SMILES string of the molecule is C[C@H](NC(=O)[C@@H]1CC[C@@H](Cc2ccccc2)C1)C(=O)CCc1cc(Cl)cc(Cl)c1O.C[C@H](NC(=O)[C@@H]1CC[C@@H](Cc2ccccc2)C1)C(=O)CCc1cc(Cl)cc(Cl)c1O.C[C@H](NC(=O)[C@@H]1CC[C@@H](Cc2ccccc2)C1)C(=O)O.Cl.NCc1cc(Cl)cc(Cl)c1O. The van der Waals surface area contributed by atoms with Gasteiger partial charge in [0.1, 0.15) is 23.3 Å². The summed E-state index contributed by atoms with van der Waals surface area (Å²) in [5, 5.41) is 48.3. The monoisotopic (exact) mass is 1400 g/mol. The maximum atomic E-state index is 12.6. The number of benzene rings is 6. The van der Waals surface area contributed by atoms with Crippen LogP contribution in [0.4, 0.5) is 0 Å². The van der Waals surface area contributed by atoms with E-state index in [4.69, 9.17) is 80.4 Å². The Morgan fingerprint density at radius 2 is 0.728 bits per heavy atom. The van der Waals surface area contributed by atoms with Crippen molar-refractivity contribution in [2.24, 2.45) is 41.2 Å². The molecule has 6 aromatic rings. The van der Waals surface area contributed by atoms with Crippen molar-refractivity contribution in [1.29, 1.82) is 0 Å². The second-order valence-corrected chi connectivity index (χ2v) is 26.6. The predicted molar refractivity (Wildman–Crippen MR) is 370 cm³/mol. The number of phenols is 3. The van der Waals surface area contributed by atoms with Crippen LogP contribution in [0.5, 0.6) is 17.2 Å². The van der Waals surface area contributed by atoms with Gasteiger partial charge in [-0.15, -0.1) is 12.4 Å². The second kappa shape index (κ2) is 38.3. The zero-order valence-corrected chi connectivity index (χ0v) is 57.2. The summed E-state index contributed by atoms with van der Waals surface area (Å²) in [4.78, 5) is 73.0. The van der Waals surface area contributed by atoms with Gasteiger partial charge in [-0.1, -0.05) is 161 Å². The third-order valence-corrected chi connectivity index (χ3v) is 18.6. The van der Waals surface area contributed by atoms with E-state index >= 15 is 0 Å². The highest BCUT2D eigenvalue weighted by Gasteiger charge is 2.34. The molecule has 0 radical (unpaired) electrons. The molecule has 14 nitrogen and oxygen atoms in total. The molecule has 0 saturated heterocycles. The smallest absolute Gasteiger partial charge is 0.325 e. The van der Waals surface area contributed by atoms with Crippen LogP contribution in [0.1, 0.15) is 125 Å². The first-order valence-electron chi connectivity index (χ1n) is 30.9. The Labute approximate surface area is 576 Å². The number of amides is 3. The summed E-state index contributed by atoms with van der Waals surface area (Å²) >= 11 is 35.0. The second-order valence-electron chi connectivity index (χ2n) is 24.0. The molecular weight excluding hydrogens is 1320 g/mol. The molecule has 3 aliphatic rings. The van der Waals surface area contributed by atoms with E-state index < -0.39 is 24.1 Å². The lowest BCUT2D eigenvalue weighted by molar-refractivity contribution is -0.141. The highest BCUT2D eigenvalue weighted by molar-refractivity contribution is 6.36. The fraction of sp³-hybridized carbons (Fsp3) is 0.408. The Kier molecular flexibility index (Phi) is 31.9. The highest BCUT2D eigenvalue weighted by Crippen LogP contribution is 2.38. The zero-order valence-electron chi connectivity index (χ0n) is 51.8. The number of aromatic hydroxyl groups is 3. The standard InChI is InChI=1S/2C24H27Cl2NO3.C16H21NO3.C7H7Cl2NO.ClH/c2*1-15(22(28)10-9-18-13-20(25)14-21(26)23(18)29)27-24(30)19-8-7-17(12-19)11-16-5-3-2-4-6-16;1-11(16(19)20)17-15(18)14-8-7-13(10-14)9-12-5-3-2-4-6-12;8-5-1-4(3-10)7(11)6(9)2-5;/h2*2-6,13-15,17,19,29H,7-12H2,1H3,(H,27,30);2-6,11,13-14H,7-10H2,1H3,(H,17,18)(H,19,20);1-2,11H,3,10H2;1H/t2*15-,17-,19+;11-,13-,14+;;/m000../s1. The van der Waals surface area contributed by atoms with E-state index in [0.29, 0.717) is 62.4 Å². The van der Waals surface area contributed by atoms with Crippen LogP contribution in [-0.2, 0) is 67.4 Å². The van der Waals surface area contributed by atoms with Crippen molar-refractivity contribution < 1.29 is 49.2 Å². The molecule has 6 aromatic carbocycles. The van der Waals surface area contributed by atoms with Gasteiger partial charge in [0.05, 0.1) is 27.2 Å². The molecular formula is C71H83Cl7N4O10. The molecule has 9 rings (SSSR count). The summed E-state index contributed by atoms with van der Waals surface area (Å²) in [7, 11) is 0. The van der Waals surface area contributed by atoms with Gasteiger partial charge in [0, 0.05) is 57.8 Å². The van der Waals surface area contributed by atoms with Crippen molar-refractivity contribution in [3.8, 4) is 17.2 Å². The molecule has 0 aromatic heterocycles. The molecule has 3 fully saturated rings. The molecule has 92 heavy (non-hydrogen) atoms. The number of Topliss-reactive ketones (excluding diaryl/α,β-unsaturated/α-hetero) is 2. The maximum absolute atomic E-state index is 12.6. The Balaban J connectivity index is 0.000000234. The van der Waals surface area contributed by atoms with Crippen molar-refractivity contribution in [3.05, 3.63) is 191 Å². The van der Waals surface area contributed by atoms with Crippen molar-refractivity contribution in [2.45, 2.75) is 148 Å². The van der Waals surface area contributed by atoms with Gasteiger partial charge < -0.3 is 42.1 Å². The minimum Gasteiger partial charge on any atom is -0.506 e. The summed E-state index contributed by atoms with van der Waals surface area (Å²) < 4.78 is 0. The van der Waals surface area contributed by atoms with Crippen molar-refractivity contribution in [1.82, 2.24) is 16.0 Å². The quantitative estimate of drug-likeness (QED) is 0.0318. The number of carbonyl (C=O) groups is 6. The van der Waals surface area contributed by atoms with E-state index in [9.17, 15) is 44.1 Å². The van der Waals surface area contributed by atoms with Gasteiger partial charge in [-0.25, -0.2) is 0 Å². The topological polar surface area (TPSA) is 245 Å². The van der Waals surface area contributed by atoms with Gasteiger partial charge in [-0.2, -0.15) is 0 Å². The Morgan fingerprint density at radius 3 is 1.02 bits per heavy atom. The average Bonchev–Trinajstić information content (AvgIpc) is 2.45. The first kappa shape index (κ1) is 76.6. The van der Waals surface area contributed by atoms with Gasteiger partial charge in [0.2, 0.25) is 17.7 Å². The van der Waals surface area contributed by atoms with Gasteiger partial charge in [0.25, 0.3) is 0 Å². The Morgan fingerprint density at radius 1 is 0.446 bits per heavy atom. The third-order valence-electron chi connectivity index (χ3n) is 17.1. The number of hydrogen-bond acceptors (Lipinski definition) is 10. The molecule has 21 heteroatoms. The number of carbonyl (C=O) groups excluding carboxylic acids is 5. The molecule has 0 aliphatic heterocycles. The van der Waals surface area contributed by atoms with E-state index in [0.717, 1.165) is 77.0 Å². The van der Waals surface area contributed by atoms with E-state index in [1.165, 1.54) is 41.8 Å². The molecule has 9 atom stereocenters. The minimum absolute atomic E-state index is 0. The number of aliphatic carboxylic acids is 1. The molecule has 0 bridgehead atoms. The Hall–Kier alpha value is -6.07. The summed E-state index contributed by atoms with van der Waals surface area (Å²) in [6, 6.07) is 38.2. The molecule has 0 spiro atoms. The zero-order chi connectivity index (χ0) is 66.3. The molecule has 496 valence electrons. The van der Waals surface area contributed by atoms with Crippen LogP contribution in [0.2, 0.25) is 30.1 Å². The van der Waals surface area contributed by atoms with Gasteiger partial charge >= 0.3 is 5.97 Å². The lowest BCUT2D eigenvalue weighted by atomic mass is 9.96. The number of carboxylic acids is 1. The first-order chi connectivity index (χ1) is 43.4. The Bertz CT molecular complexity index is 3250. The normalized spacial score (nSPS) is 18.9. The number of carboxylic acid groups (broad SMARTS) is 1. The van der Waals surface area contributed by atoms with Crippen LogP contribution >= 0.6 is 82.0 Å². The number of nitrogens with two attached hydrogens (primary N) is 1. The number of ketones is 2. The van der Waals surface area contributed by atoms with E-state index in [1.54, 1.807) is 32.0 Å². The number of halogens is 7. The number of nitrogens with one attached hydrogen (secondary N) is 3. The van der Waals surface area contributed by atoms with Crippen LogP contribution < -0.4 is 21.7 Å². The fourth-order valence-electron chi connectivity index (χ4n) is 11.9. The van der Waals surface area contributed by atoms with E-state index in [2.05, 4.69) is 52.3 Å². The summed E-state index contributed by atoms with van der Waals surface area (Å²) in [5.74, 6) is -0.0358. The minimum atomic E-state index is -0.989. The number of phenolic OH excluding ortho intramolecular Hbond substituents is 3. The fourth-order valence-corrected chi connectivity index (χ4v) is 13.5. The van der Waals surface area contributed by atoms with Crippen molar-refractivity contribution in [2.75, 3.05) is 0 Å². The lowest BCUT2D eigenvalue weighted by Crippen LogP contribution is -2.41. The highest BCUT2D eigenvalue weighted by atomic mass is 35.5. The number of hydrogen-bond donors (Lipinski definition) is 8. The van der Waals surface area contributed by atoms with Crippen molar-refractivity contribution >= 4 is 117 Å². The molecule has 0 heterocycles. The number of aryl methyl sites for hydroxylation is 2. The van der Waals surface area contributed by atoms with Crippen LogP contribution in [-0.4, -0.2) is 73.8 Å². The largest absolute Gasteiger partial charge is 0.506 e. The predicted octanol–water partition coefficient (Wildman–Crippen LogP) is 15.5. The maximum Gasteiger partial charge on any atom is 0.325 e. The van der Waals surface area contributed by atoms with Crippen LogP contribution in [0.15, 0.2) is 127 Å². The van der Waals surface area contributed by atoms with Gasteiger partial charge in [-0.05, 0) is 193 Å². The summed E-state index contributed by atoms with van der Waals surface area (Å²) in [5.41, 5.74) is 10.8. The number of rotatable bonds is 22. The van der Waals surface area contributed by atoms with Crippen LogP contribution in [0.3, 0.4) is 0 Å². The summed E-state index contributed by atoms with van der Waals surface area (Å²) in [6.07, 6.45) is 12.2.